The predicted molar refractivity (Wildman–Crippen MR) is 127 cm³/mol. The largest absolute Gasteiger partial charge is 0.497 e. The van der Waals surface area contributed by atoms with Crippen LogP contribution < -0.4 is 19.1 Å². The van der Waals surface area contributed by atoms with Gasteiger partial charge < -0.3 is 19.5 Å². The van der Waals surface area contributed by atoms with Crippen LogP contribution in [-0.2, 0) is 14.8 Å². The van der Waals surface area contributed by atoms with E-state index >= 15 is 0 Å². The summed E-state index contributed by atoms with van der Waals surface area (Å²) in [6, 6.07) is 19.4. The molecule has 0 aliphatic rings. The van der Waals surface area contributed by atoms with E-state index in [1.807, 2.05) is 0 Å². The van der Waals surface area contributed by atoms with Gasteiger partial charge in [-0.3, -0.25) is 9.10 Å². The van der Waals surface area contributed by atoms with Crippen LogP contribution >= 0.6 is 0 Å². The average Bonchev–Trinajstić information content (AvgIpc) is 2.85. The fraction of sp³-hybridized carbons (Fsp3) is 0.208. The quantitative estimate of drug-likeness (QED) is 0.453. The number of benzene rings is 3. The average molecular weight is 471 g/mol. The number of methoxy groups -OCH3 is 2. The van der Waals surface area contributed by atoms with Crippen molar-refractivity contribution < 1.29 is 27.4 Å². The monoisotopic (exact) mass is 470 g/mol. The molecule has 0 unspecified atom stereocenters. The first-order valence-corrected chi connectivity index (χ1v) is 11.6. The molecule has 1 N–H and O–H groups in total. The standard InChI is InChI=1S/C24H26N2O6S/c1-26(20-9-13-21(31-3)14-10-20)33(28,29)23-6-4-5-18(17-23)24(27)25-19-7-11-22(12-8-19)32-16-15-30-2/h4-14,17H,15-16H2,1-3H3,(H,25,27). The molecule has 0 aromatic heterocycles. The van der Waals surface area contributed by atoms with E-state index in [0.29, 0.717) is 36.1 Å². The minimum absolute atomic E-state index is 0.00959. The smallest absolute Gasteiger partial charge is 0.264 e. The lowest BCUT2D eigenvalue weighted by atomic mass is 10.2. The van der Waals surface area contributed by atoms with Crippen LogP contribution in [0.25, 0.3) is 0 Å². The van der Waals surface area contributed by atoms with Crippen LogP contribution in [0.2, 0.25) is 0 Å². The van der Waals surface area contributed by atoms with E-state index in [1.54, 1.807) is 61.7 Å². The number of carbonyl (C=O) groups is 1. The molecule has 0 bridgehead atoms. The SMILES string of the molecule is COCCOc1ccc(NC(=O)c2cccc(S(=O)(=O)N(C)c3ccc(OC)cc3)c2)cc1. The van der Waals surface area contributed by atoms with Crippen molar-refractivity contribution in [1.29, 1.82) is 0 Å². The van der Waals surface area contributed by atoms with E-state index in [2.05, 4.69) is 5.32 Å². The summed E-state index contributed by atoms with van der Waals surface area (Å²) in [5.74, 6) is 0.852. The van der Waals surface area contributed by atoms with Crippen LogP contribution in [-0.4, -0.2) is 48.8 Å². The molecule has 0 atom stereocenters. The van der Waals surface area contributed by atoms with Crippen molar-refractivity contribution in [3.8, 4) is 11.5 Å². The summed E-state index contributed by atoms with van der Waals surface area (Å²) < 4.78 is 42.9. The van der Waals surface area contributed by atoms with Crippen LogP contribution in [0.3, 0.4) is 0 Å². The summed E-state index contributed by atoms with van der Waals surface area (Å²) in [5.41, 5.74) is 1.25. The Kier molecular flexibility index (Phi) is 7.92. The highest BCUT2D eigenvalue weighted by Gasteiger charge is 2.22. The first-order chi connectivity index (χ1) is 15.8. The number of hydrogen-bond donors (Lipinski definition) is 1. The summed E-state index contributed by atoms with van der Waals surface area (Å²) in [6.07, 6.45) is 0. The minimum Gasteiger partial charge on any atom is -0.497 e. The van der Waals surface area contributed by atoms with Crippen LogP contribution in [0.5, 0.6) is 11.5 Å². The van der Waals surface area contributed by atoms with Crippen molar-refractivity contribution in [2.24, 2.45) is 0 Å². The molecule has 3 aromatic rings. The second-order valence-electron chi connectivity index (χ2n) is 7.02. The lowest BCUT2D eigenvalue weighted by molar-refractivity contribution is 0.102. The number of carbonyl (C=O) groups excluding carboxylic acids is 1. The number of hydrogen-bond acceptors (Lipinski definition) is 6. The van der Waals surface area contributed by atoms with Crippen molar-refractivity contribution in [2.45, 2.75) is 4.90 Å². The fourth-order valence-electron chi connectivity index (χ4n) is 2.97. The molecule has 33 heavy (non-hydrogen) atoms. The molecule has 0 heterocycles. The van der Waals surface area contributed by atoms with Gasteiger partial charge in [0, 0.05) is 25.4 Å². The molecule has 0 saturated carbocycles. The van der Waals surface area contributed by atoms with Gasteiger partial charge in [-0.05, 0) is 66.7 Å². The molecule has 3 aromatic carbocycles. The Balaban J connectivity index is 1.73. The van der Waals surface area contributed by atoms with E-state index in [4.69, 9.17) is 14.2 Å². The zero-order valence-electron chi connectivity index (χ0n) is 18.6. The summed E-state index contributed by atoms with van der Waals surface area (Å²) >= 11 is 0. The summed E-state index contributed by atoms with van der Waals surface area (Å²) in [7, 11) is 0.722. The number of ether oxygens (including phenoxy) is 3. The van der Waals surface area contributed by atoms with E-state index in [1.165, 1.54) is 32.4 Å². The third-order valence-electron chi connectivity index (χ3n) is 4.86. The Labute approximate surface area is 193 Å². The van der Waals surface area contributed by atoms with Crippen LogP contribution in [0.15, 0.2) is 77.7 Å². The number of amides is 1. The van der Waals surface area contributed by atoms with Gasteiger partial charge in [0.25, 0.3) is 15.9 Å². The van der Waals surface area contributed by atoms with Crippen molar-refractivity contribution in [3.05, 3.63) is 78.4 Å². The Morgan fingerprint density at radius 2 is 1.58 bits per heavy atom. The Hall–Kier alpha value is -3.56. The normalized spacial score (nSPS) is 11.0. The Morgan fingerprint density at radius 1 is 0.909 bits per heavy atom. The molecule has 1 amide bonds. The third-order valence-corrected chi connectivity index (χ3v) is 6.64. The van der Waals surface area contributed by atoms with Crippen LogP contribution in [0, 0.1) is 0 Å². The molecule has 174 valence electrons. The maximum atomic E-state index is 13.1. The first kappa shape index (κ1) is 24.1. The van der Waals surface area contributed by atoms with Gasteiger partial charge >= 0.3 is 0 Å². The van der Waals surface area contributed by atoms with Gasteiger partial charge in [-0.25, -0.2) is 8.42 Å². The van der Waals surface area contributed by atoms with Crippen molar-refractivity contribution in [3.63, 3.8) is 0 Å². The van der Waals surface area contributed by atoms with Crippen molar-refractivity contribution in [1.82, 2.24) is 0 Å². The van der Waals surface area contributed by atoms with E-state index in [9.17, 15) is 13.2 Å². The van der Waals surface area contributed by atoms with E-state index in [0.717, 1.165) is 4.31 Å². The van der Waals surface area contributed by atoms with Gasteiger partial charge in [-0.2, -0.15) is 0 Å². The first-order valence-electron chi connectivity index (χ1n) is 10.1. The van der Waals surface area contributed by atoms with Gasteiger partial charge in [0.15, 0.2) is 0 Å². The molecule has 0 saturated heterocycles. The number of anilines is 2. The predicted octanol–water partition coefficient (Wildman–Crippen LogP) is 3.80. The molecular formula is C24H26N2O6S. The number of nitrogens with zero attached hydrogens (tertiary/aromatic N) is 1. The molecule has 0 aliphatic carbocycles. The Bertz CT molecular complexity index is 1180. The molecule has 3 rings (SSSR count). The van der Waals surface area contributed by atoms with E-state index < -0.39 is 15.9 Å². The van der Waals surface area contributed by atoms with Crippen molar-refractivity contribution in [2.75, 3.05) is 44.1 Å². The van der Waals surface area contributed by atoms with Crippen molar-refractivity contribution >= 4 is 27.3 Å². The van der Waals surface area contributed by atoms with Crippen LogP contribution in [0.1, 0.15) is 10.4 Å². The van der Waals surface area contributed by atoms with Gasteiger partial charge in [0.2, 0.25) is 0 Å². The lowest BCUT2D eigenvalue weighted by Crippen LogP contribution is -2.26. The molecule has 0 spiro atoms. The topological polar surface area (TPSA) is 94.2 Å². The molecule has 8 nitrogen and oxygen atoms in total. The highest BCUT2D eigenvalue weighted by molar-refractivity contribution is 7.92. The minimum atomic E-state index is -3.87. The zero-order chi connectivity index (χ0) is 23.8. The summed E-state index contributed by atoms with van der Waals surface area (Å²) in [5, 5.41) is 2.76. The maximum absolute atomic E-state index is 13.1. The fourth-order valence-corrected chi connectivity index (χ4v) is 4.21. The van der Waals surface area contributed by atoms with Gasteiger partial charge in [0.1, 0.15) is 18.1 Å². The number of nitrogens with one attached hydrogen (secondary N) is 1. The highest BCUT2D eigenvalue weighted by atomic mass is 32.2. The molecular weight excluding hydrogens is 444 g/mol. The van der Waals surface area contributed by atoms with Gasteiger partial charge in [0.05, 0.1) is 24.3 Å². The van der Waals surface area contributed by atoms with E-state index in [-0.39, 0.29) is 10.5 Å². The summed E-state index contributed by atoms with van der Waals surface area (Å²) in [4.78, 5) is 12.7. The number of sulfonamides is 1. The maximum Gasteiger partial charge on any atom is 0.264 e. The van der Waals surface area contributed by atoms with Crippen LogP contribution in [0.4, 0.5) is 11.4 Å². The van der Waals surface area contributed by atoms with Gasteiger partial charge in [-0.1, -0.05) is 6.07 Å². The third kappa shape index (κ3) is 6.03. The molecule has 0 aliphatic heterocycles. The van der Waals surface area contributed by atoms with Gasteiger partial charge in [-0.15, -0.1) is 0 Å². The lowest BCUT2D eigenvalue weighted by Gasteiger charge is -2.20. The number of rotatable bonds is 10. The molecule has 9 heteroatoms. The summed E-state index contributed by atoms with van der Waals surface area (Å²) in [6.45, 7) is 0.903. The second-order valence-corrected chi connectivity index (χ2v) is 8.99. The Morgan fingerprint density at radius 3 is 2.21 bits per heavy atom. The second kappa shape index (κ2) is 10.8. The molecule has 0 fully saturated rings. The zero-order valence-corrected chi connectivity index (χ0v) is 19.5. The highest BCUT2D eigenvalue weighted by Crippen LogP contribution is 2.25. The molecule has 0 radical (unpaired) electrons.